The average molecular weight is 274 g/mol. The summed E-state index contributed by atoms with van der Waals surface area (Å²) < 4.78 is 51.6. The minimum Gasteiger partial charge on any atom is -0.328 e. The fraction of sp³-hybridized carbons (Fsp3) is 0.333. The highest BCUT2D eigenvalue weighted by molar-refractivity contribution is 5.86. The Morgan fingerprint density at radius 1 is 1.37 bits per heavy atom. The number of carbonyl (C=O) groups excluding carboxylic acids is 1. The molecule has 1 aromatic heterocycles. The van der Waals surface area contributed by atoms with E-state index in [-0.39, 0.29) is 11.3 Å². The third-order valence-corrected chi connectivity index (χ3v) is 2.76. The standard InChI is InChI=1S/C12H10F4N2O/c1-2-18-8-5-3-4-7(13)11(8)17-10(18)6-9(19)12(14,15)16/h3-5H,2,6H2,1H3. The van der Waals surface area contributed by atoms with Gasteiger partial charge in [-0.05, 0) is 19.1 Å². The van der Waals surface area contributed by atoms with Crippen molar-refractivity contribution in [3.05, 3.63) is 29.8 Å². The number of hydrogen-bond donors (Lipinski definition) is 0. The van der Waals surface area contributed by atoms with E-state index in [0.717, 1.165) is 0 Å². The van der Waals surface area contributed by atoms with Crippen LogP contribution in [0.15, 0.2) is 18.2 Å². The van der Waals surface area contributed by atoms with Crippen molar-refractivity contribution in [2.24, 2.45) is 0 Å². The predicted molar refractivity (Wildman–Crippen MR) is 60.1 cm³/mol. The molecule has 0 atom stereocenters. The zero-order valence-corrected chi connectivity index (χ0v) is 9.96. The molecule has 0 unspecified atom stereocenters. The number of ketones is 1. The van der Waals surface area contributed by atoms with Crippen LogP contribution in [0, 0.1) is 5.82 Å². The van der Waals surface area contributed by atoms with Crippen molar-refractivity contribution in [3.63, 3.8) is 0 Å². The molecule has 0 aliphatic heterocycles. The summed E-state index contributed by atoms with van der Waals surface area (Å²) in [6.45, 7) is 1.99. The van der Waals surface area contributed by atoms with Crippen LogP contribution in [-0.4, -0.2) is 21.5 Å². The van der Waals surface area contributed by atoms with Gasteiger partial charge in [-0.2, -0.15) is 13.2 Å². The van der Waals surface area contributed by atoms with E-state index in [1.54, 1.807) is 13.0 Å². The number of Topliss-reactive ketones (excluding diaryl/α,β-unsaturated/α-hetero) is 1. The molecule has 102 valence electrons. The van der Waals surface area contributed by atoms with Gasteiger partial charge in [0.05, 0.1) is 11.9 Å². The smallest absolute Gasteiger partial charge is 0.328 e. The molecule has 7 heteroatoms. The van der Waals surface area contributed by atoms with Crippen molar-refractivity contribution in [2.75, 3.05) is 0 Å². The molecular formula is C12H10F4N2O. The molecule has 3 nitrogen and oxygen atoms in total. The van der Waals surface area contributed by atoms with Crippen molar-refractivity contribution in [2.45, 2.75) is 26.1 Å². The Labute approximate surface area is 105 Å². The van der Waals surface area contributed by atoms with Crippen LogP contribution < -0.4 is 0 Å². The average Bonchev–Trinajstić information content (AvgIpc) is 2.67. The second kappa shape index (κ2) is 4.64. The third-order valence-electron chi connectivity index (χ3n) is 2.76. The van der Waals surface area contributed by atoms with Crippen LogP contribution in [0.25, 0.3) is 11.0 Å². The lowest BCUT2D eigenvalue weighted by Crippen LogP contribution is -2.26. The number of aryl methyl sites for hydroxylation is 1. The van der Waals surface area contributed by atoms with Crippen LogP contribution >= 0.6 is 0 Å². The number of alkyl halides is 3. The van der Waals surface area contributed by atoms with Gasteiger partial charge < -0.3 is 4.57 Å². The van der Waals surface area contributed by atoms with Gasteiger partial charge in [0.2, 0.25) is 5.78 Å². The topological polar surface area (TPSA) is 34.9 Å². The number of fused-ring (bicyclic) bond motifs is 1. The summed E-state index contributed by atoms with van der Waals surface area (Å²) in [7, 11) is 0. The number of hydrogen-bond acceptors (Lipinski definition) is 2. The van der Waals surface area contributed by atoms with Crippen molar-refractivity contribution >= 4 is 16.8 Å². The Kier molecular flexibility index (Phi) is 3.30. The number of carbonyl (C=O) groups is 1. The molecule has 0 aliphatic carbocycles. The SMILES string of the molecule is CCn1c(CC(=O)C(F)(F)F)nc2c(F)cccc21. The first-order chi connectivity index (χ1) is 8.84. The number of rotatable bonds is 3. The normalized spacial score (nSPS) is 12.1. The summed E-state index contributed by atoms with van der Waals surface area (Å²) in [4.78, 5) is 14.8. The van der Waals surface area contributed by atoms with E-state index in [0.29, 0.717) is 12.1 Å². The minimum atomic E-state index is -4.91. The summed E-state index contributed by atoms with van der Waals surface area (Å²) in [6.07, 6.45) is -5.79. The van der Waals surface area contributed by atoms with Crippen molar-refractivity contribution in [1.29, 1.82) is 0 Å². The molecule has 0 saturated heterocycles. The molecule has 1 aromatic carbocycles. The zero-order valence-electron chi connectivity index (χ0n) is 9.96. The first-order valence-electron chi connectivity index (χ1n) is 5.58. The van der Waals surface area contributed by atoms with Crippen molar-refractivity contribution in [3.8, 4) is 0 Å². The predicted octanol–water partition coefficient (Wildman–Crippen LogP) is 2.87. The Hall–Kier alpha value is -1.92. The van der Waals surface area contributed by atoms with E-state index in [1.165, 1.54) is 16.7 Å². The lowest BCUT2D eigenvalue weighted by Gasteiger charge is -2.07. The van der Waals surface area contributed by atoms with Crippen LogP contribution in [0.4, 0.5) is 17.6 Å². The maximum Gasteiger partial charge on any atom is 0.450 e. The van der Waals surface area contributed by atoms with Gasteiger partial charge in [0, 0.05) is 6.54 Å². The van der Waals surface area contributed by atoms with Crippen molar-refractivity contribution in [1.82, 2.24) is 9.55 Å². The molecule has 0 fully saturated rings. The van der Waals surface area contributed by atoms with Gasteiger partial charge in [0.1, 0.15) is 11.3 Å². The molecular weight excluding hydrogens is 264 g/mol. The minimum absolute atomic E-state index is 0.0191. The van der Waals surface area contributed by atoms with Gasteiger partial charge in [-0.25, -0.2) is 9.37 Å². The van der Waals surface area contributed by atoms with Crippen LogP contribution in [0.3, 0.4) is 0 Å². The van der Waals surface area contributed by atoms with E-state index in [4.69, 9.17) is 0 Å². The number of benzene rings is 1. The van der Waals surface area contributed by atoms with Crippen LogP contribution in [0.2, 0.25) is 0 Å². The second-order valence-corrected chi connectivity index (χ2v) is 3.98. The molecule has 0 N–H and O–H groups in total. The summed E-state index contributed by atoms with van der Waals surface area (Å²) in [5, 5.41) is 0. The van der Waals surface area contributed by atoms with Gasteiger partial charge in [-0.15, -0.1) is 0 Å². The van der Waals surface area contributed by atoms with E-state index >= 15 is 0 Å². The lowest BCUT2D eigenvalue weighted by molar-refractivity contribution is -0.170. The third kappa shape index (κ3) is 2.45. The number of para-hydroxylation sites is 1. The highest BCUT2D eigenvalue weighted by atomic mass is 19.4. The largest absolute Gasteiger partial charge is 0.450 e. The Bertz CT molecular complexity index is 630. The number of halogens is 4. The molecule has 2 aromatic rings. The summed E-state index contributed by atoms with van der Waals surface area (Å²) >= 11 is 0. The Morgan fingerprint density at radius 3 is 2.63 bits per heavy atom. The number of imidazole rings is 1. The molecule has 0 amide bonds. The van der Waals surface area contributed by atoms with Crippen molar-refractivity contribution < 1.29 is 22.4 Å². The first kappa shape index (κ1) is 13.5. The maximum atomic E-state index is 13.5. The molecule has 0 spiro atoms. The Balaban J connectivity index is 2.49. The van der Waals surface area contributed by atoms with E-state index in [1.807, 2.05) is 0 Å². The van der Waals surface area contributed by atoms with Crippen LogP contribution in [-0.2, 0) is 17.8 Å². The van der Waals surface area contributed by atoms with Gasteiger partial charge in [0.15, 0.2) is 5.82 Å². The molecule has 1 heterocycles. The molecule has 0 bridgehead atoms. The number of nitrogens with zero attached hydrogens (tertiary/aromatic N) is 2. The fourth-order valence-electron chi connectivity index (χ4n) is 1.89. The van der Waals surface area contributed by atoms with Crippen LogP contribution in [0.5, 0.6) is 0 Å². The quantitative estimate of drug-likeness (QED) is 0.807. The highest BCUT2D eigenvalue weighted by Gasteiger charge is 2.38. The summed E-state index contributed by atoms with van der Waals surface area (Å²) in [5.41, 5.74) is 0.363. The fourth-order valence-corrected chi connectivity index (χ4v) is 1.89. The second-order valence-electron chi connectivity index (χ2n) is 3.98. The van der Waals surface area contributed by atoms with Gasteiger partial charge >= 0.3 is 6.18 Å². The van der Waals surface area contributed by atoms with E-state index < -0.39 is 24.2 Å². The highest BCUT2D eigenvalue weighted by Crippen LogP contribution is 2.23. The van der Waals surface area contributed by atoms with Gasteiger partial charge in [-0.3, -0.25) is 4.79 Å². The zero-order chi connectivity index (χ0) is 14.2. The summed E-state index contributed by atoms with van der Waals surface area (Å²) in [6, 6.07) is 4.17. The summed E-state index contributed by atoms with van der Waals surface area (Å²) in [5.74, 6) is -2.59. The van der Waals surface area contributed by atoms with Gasteiger partial charge in [0.25, 0.3) is 0 Å². The first-order valence-corrected chi connectivity index (χ1v) is 5.58. The molecule has 2 rings (SSSR count). The van der Waals surface area contributed by atoms with E-state index in [9.17, 15) is 22.4 Å². The molecule has 19 heavy (non-hydrogen) atoms. The van der Waals surface area contributed by atoms with Gasteiger partial charge in [-0.1, -0.05) is 6.07 Å². The maximum absolute atomic E-state index is 13.5. The Morgan fingerprint density at radius 2 is 2.05 bits per heavy atom. The monoisotopic (exact) mass is 274 g/mol. The molecule has 0 radical (unpaired) electrons. The van der Waals surface area contributed by atoms with E-state index in [2.05, 4.69) is 4.98 Å². The number of aromatic nitrogens is 2. The molecule has 0 saturated carbocycles. The van der Waals surface area contributed by atoms with Crippen LogP contribution in [0.1, 0.15) is 12.7 Å². The molecule has 0 aliphatic rings. The lowest BCUT2D eigenvalue weighted by atomic mass is 10.2.